The molecular weight excluding hydrogens is 414 g/mol. The van der Waals surface area contributed by atoms with E-state index in [0.717, 1.165) is 39.7 Å². The molecule has 5 nitrogen and oxygen atoms in total. The third-order valence-electron chi connectivity index (χ3n) is 4.87. The minimum absolute atomic E-state index is 0.137. The summed E-state index contributed by atoms with van der Waals surface area (Å²) in [6.45, 7) is 8.20. The molecule has 1 aromatic heterocycles. The van der Waals surface area contributed by atoms with Crippen LogP contribution in [-0.2, 0) is 9.53 Å². The van der Waals surface area contributed by atoms with E-state index < -0.39 is 0 Å². The number of nitrogens with one attached hydrogen (secondary N) is 1. The molecule has 0 atom stereocenters. The van der Waals surface area contributed by atoms with Crippen molar-refractivity contribution < 1.29 is 18.7 Å². The van der Waals surface area contributed by atoms with Gasteiger partial charge in [0, 0.05) is 53.4 Å². The van der Waals surface area contributed by atoms with E-state index in [1.165, 1.54) is 0 Å². The highest BCUT2D eigenvalue weighted by molar-refractivity contribution is 6.30. The third-order valence-corrected chi connectivity index (χ3v) is 5.12. The van der Waals surface area contributed by atoms with E-state index in [0.29, 0.717) is 37.1 Å². The first-order valence-electron chi connectivity index (χ1n) is 10.5. The molecule has 164 valence electrons. The van der Waals surface area contributed by atoms with E-state index in [1.807, 2.05) is 57.2 Å². The summed E-state index contributed by atoms with van der Waals surface area (Å²) in [6.07, 6.45) is 4.12. The fourth-order valence-electron chi connectivity index (χ4n) is 3.35. The molecule has 0 aliphatic rings. The Morgan fingerprint density at radius 2 is 1.94 bits per heavy atom. The number of carbonyl (C=O) groups is 1. The van der Waals surface area contributed by atoms with Crippen molar-refractivity contribution in [1.82, 2.24) is 5.32 Å². The number of hydrogen-bond acceptors (Lipinski definition) is 4. The number of amides is 1. The van der Waals surface area contributed by atoms with Crippen molar-refractivity contribution in [3.8, 4) is 16.9 Å². The van der Waals surface area contributed by atoms with Crippen LogP contribution in [0.4, 0.5) is 0 Å². The molecule has 2 aromatic carbocycles. The highest BCUT2D eigenvalue weighted by Crippen LogP contribution is 2.37. The fraction of sp³-hybridized carbons (Fsp3) is 0.320. The van der Waals surface area contributed by atoms with E-state index >= 15 is 0 Å². The summed E-state index contributed by atoms with van der Waals surface area (Å²) in [7, 11) is 0. The number of benzene rings is 2. The number of halogens is 1. The number of fused-ring (bicyclic) bond motifs is 1. The molecule has 1 heterocycles. The zero-order valence-corrected chi connectivity index (χ0v) is 18.9. The van der Waals surface area contributed by atoms with Crippen molar-refractivity contribution in [2.24, 2.45) is 0 Å². The molecule has 0 saturated carbocycles. The second-order valence-electron chi connectivity index (χ2n) is 7.10. The summed E-state index contributed by atoms with van der Waals surface area (Å²) in [5.41, 5.74) is 4.37. The minimum atomic E-state index is -0.137. The van der Waals surface area contributed by atoms with Crippen LogP contribution in [0, 0.1) is 0 Å². The van der Waals surface area contributed by atoms with Gasteiger partial charge in [-0.15, -0.1) is 0 Å². The second-order valence-corrected chi connectivity index (χ2v) is 7.54. The number of hydrogen-bond donors (Lipinski definition) is 1. The maximum absolute atomic E-state index is 12.4. The molecule has 0 fully saturated rings. The van der Waals surface area contributed by atoms with Crippen LogP contribution in [0.5, 0.6) is 5.75 Å². The standard InChI is InChI=1S/C25H28ClNO4/c1-4-29-12-6-11-27-25(28)13-17(3)20-14-21-22(18-7-9-19(26)10-8-18)16-31-24(21)15-23(20)30-5-2/h7-10,13-16H,4-6,11-12H2,1-3H3,(H,27,28)/b17-13+. The normalized spacial score (nSPS) is 11.7. The molecule has 6 heteroatoms. The average molecular weight is 442 g/mol. The third kappa shape index (κ3) is 5.90. The van der Waals surface area contributed by atoms with Crippen molar-refractivity contribution in [2.45, 2.75) is 27.2 Å². The van der Waals surface area contributed by atoms with E-state index in [9.17, 15) is 4.79 Å². The van der Waals surface area contributed by atoms with Crippen LogP contribution in [0.15, 0.2) is 53.2 Å². The van der Waals surface area contributed by atoms with Crippen LogP contribution in [0.3, 0.4) is 0 Å². The quantitative estimate of drug-likeness (QED) is 0.305. The summed E-state index contributed by atoms with van der Waals surface area (Å²) in [6, 6.07) is 11.5. The van der Waals surface area contributed by atoms with E-state index in [-0.39, 0.29) is 5.91 Å². The maximum atomic E-state index is 12.4. The van der Waals surface area contributed by atoms with Crippen LogP contribution >= 0.6 is 11.6 Å². The van der Waals surface area contributed by atoms with Gasteiger partial charge in [0.1, 0.15) is 11.3 Å². The first-order valence-corrected chi connectivity index (χ1v) is 10.9. The van der Waals surface area contributed by atoms with Crippen molar-refractivity contribution in [3.05, 3.63) is 59.3 Å². The Balaban J connectivity index is 1.90. The van der Waals surface area contributed by atoms with Gasteiger partial charge in [-0.1, -0.05) is 23.7 Å². The monoisotopic (exact) mass is 441 g/mol. The number of ether oxygens (including phenoxy) is 2. The Bertz CT molecular complexity index is 1050. The molecule has 0 bridgehead atoms. The maximum Gasteiger partial charge on any atom is 0.244 e. The molecule has 3 aromatic rings. The largest absolute Gasteiger partial charge is 0.493 e. The molecule has 31 heavy (non-hydrogen) atoms. The zero-order chi connectivity index (χ0) is 22.2. The van der Waals surface area contributed by atoms with Gasteiger partial charge in [-0.2, -0.15) is 0 Å². The van der Waals surface area contributed by atoms with Crippen molar-refractivity contribution in [3.63, 3.8) is 0 Å². The highest BCUT2D eigenvalue weighted by atomic mass is 35.5. The molecule has 0 unspecified atom stereocenters. The van der Waals surface area contributed by atoms with E-state index in [4.69, 9.17) is 25.5 Å². The van der Waals surface area contributed by atoms with Crippen molar-refractivity contribution >= 4 is 34.1 Å². The molecular formula is C25H28ClNO4. The Morgan fingerprint density at radius 3 is 2.65 bits per heavy atom. The van der Waals surface area contributed by atoms with E-state index in [2.05, 4.69) is 5.32 Å². The molecule has 3 rings (SSSR count). The molecule has 1 N–H and O–H groups in total. The number of allylic oxidation sites excluding steroid dienone is 1. The van der Waals surface area contributed by atoms with Gasteiger partial charge in [0.05, 0.1) is 12.9 Å². The lowest BCUT2D eigenvalue weighted by Gasteiger charge is -2.12. The second kappa shape index (κ2) is 11.0. The van der Waals surface area contributed by atoms with Crippen molar-refractivity contribution in [2.75, 3.05) is 26.4 Å². The van der Waals surface area contributed by atoms with Gasteiger partial charge < -0.3 is 19.2 Å². The Labute approximate surface area is 188 Å². The smallest absolute Gasteiger partial charge is 0.244 e. The van der Waals surface area contributed by atoms with Crippen LogP contribution in [0.1, 0.15) is 32.8 Å². The molecule has 0 aliphatic heterocycles. The first-order chi connectivity index (χ1) is 15.0. The minimum Gasteiger partial charge on any atom is -0.493 e. The lowest BCUT2D eigenvalue weighted by Crippen LogP contribution is -2.23. The number of furan rings is 1. The number of rotatable bonds is 10. The van der Waals surface area contributed by atoms with Gasteiger partial charge in [0.25, 0.3) is 0 Å². The van der Waals surface area contributed by atoms with Gasteiger partial charge in [-0.3, -0.25) is 4.79 Å². The van der Waals surface area contributed by atoms with Gasteiger partial charge in [0.2, 0.25) is 5.91 Å². The summed E-state index contributed by atoms with van der Waals surface area (Å²) in [5, 5.41) is 4.53. The number of carbonyl (C=O) groups excluding carboxylic acids is 1. The lowest BCUT2D eigenvalue weighted by molar-refractivity contribution is -0.116. The van der Waals surface area contributed by atoms with Crippen LogP contribution in [0.25, 0.3) is 27.7 Å². The lowest BCUT2D eigenvalue weighted by atomic mass is 9.99. The predicted octanol–water partition coefficient (Wildman–Crippen LogP) is 6.10. The van der Waals surface area contributed by atoms with Gasteiger partial charge in [0.15, 0.2) is 0 Å². The van der Waals surface area contributed by atoms with Crippen LogP contribution in [0.2, 0.25) is 5.02 Å². The molecule has 0 spiro atoms. The molecule has 0 saturated heterocycles. The molecule has 0 radical (unpaired) electrons. The summed E-state index contributed by atoms with van der Waals surface area (Å²) in [5.74, 6) is 0.548. The topological polar surface area (TPSA) is 60.7 Å². The SMILES string of the molecule is CCOCCCNC(=O)/C=C(\C)c1cc2c(-c3ccc(Cl)cc3)coc2cc1OCC. The van der Waals surface area contributed by atoms with Gasteiger partial charge in [-0.05, 0) is 56.5 Å². The average Bonchev–Trinajstić information content (AvgIpc) is 3.16. The Morgan fingerprint density at radius 1 is 1.16 bits per heavy atom. The summed E-state index contributed by atoms with van der Waals surface area (Å²) in [4.78, 5) is 12.4. The molecule has 0 aliphatic carbocycles. The van der Waals surface area contributed by atoms with Crippen molar-refractivity contribution in [1.29, 1.82) is 0 Å². The molecule has 1 amide bonds. The van der Waals surface area contributed by atoms with E-state index in [1.54, 1.807) is 12.3 Å². The van der Waals surface area contributed by atoms with Crippen LogP contribution < -0.4 is 10.1 Å². The predicted molar refractivity (Wildman–Crippen MR) is 126 cm³/mol. The Kier molecular flexibility index (Phi) is 8.15. The summed E-state index contributed by atoms with van der Waals surface area (Å²) >= 11 is 6.03. The zero-order valence-electron chi connectivity index (χ0n) is 18.2. The van der Waals surface area contributed by atoms with Gasteiger partial charge >= 0.3 is 0 Å². The van der Waals surface area contributed by atoms with Gasteiger partial charge in [-0.25, -0.2) is 0 Å². The fourth-order valence-corrected chi connectivity index (χ4v) is 3.47. The highest BCUT2D eigenvalue weighted by Gasteiger charge is 2.15. The Hall–Kier alpha value is -2.76. The summed E-state index contributed by atoms with van der Waals surface area (Å²) < 4.78 is 16.9. The van der Waals surface area contributed by atoms with Crippen LogP contribution in [-0.4, -0.2) is 32.3 Å². The first kappa shape index (κ1) is 22.9.